The minimum absolute atomic E-state index is 0.632. The second-order valence-corrected chi connectivity index (χ2v) is 8.62. The number of nitrogens with zero attached hydrogens (tertiary/aromatic N) is 2. The molecule has 3 heterocycles. The highest BCUT2D eigenvalue weighted by molar-refractivity contribution is 8.00. The fourth-order valence-corrected chi connectivity index (χ4v) is 4.81. The molecule has 2 aliphatic heterocycles. The number of rotatable bonds is 6. The summed E-state index contributed by atoms with van der Waals surface area (Å²) >= 11 is 1.61. The first-order chi connectivity index (χ1) is 14.3. The lowest BCUT2D eigenvalue weighted by atomic mass is 9.92. The molecule has 1 saturated heterocycles. The van der Waals surface area contributed by atoms with E-state index in [0.29, 0.717) is 11.8 Å². The smallest absolute Gasteiger partial charge is 0.238 e. The first kappa shape index (κ1) is 20.5. The Morgan fingerprint density at radius 3 is 2.66 bits per heavy atom. The van der Waals surface area contributed by atoms with Gasteiger partial charge in [0.2, 0.25) is 5.88 Å². The summed E-state index contributed by atoms with van der Waals surface area (Å²) in [6.45, 7) is 7.24. The Labute approximate surface area is 178 Å². The number of aromatic nitrogens is 1. The second kappa shape index (κ2) is 9.83. The van der Waals surface area contributed by atoms with Crippen LogP contribution in [0.3, 0.4) is 0 Å². The number of likely N-dealkylation sites (N-methyl/N-ethyl adjacent to an activating group) is 1. The lowest BCUT2D eigenvalue weighted by Crippen LogP contribution is -2.25. The fourth-order valence-electron chi connectivity index (χ4n) is 4.16. The molecule has 156 valence electrons. The molecule has 0 spiro atoms. The molecule has 29 heavy (non-hydrogen) atoms. The van der Waals surface area contributed by atoms with Crippen molar-refractivity contribution in [1.82, 2.24) is 9.88 Å². The molecule has 0 bridgehead atoms. The van der Waals surface area contributed by atoms with Gasteiger partial charge in [-0.15, -0.1) is 0 Å². The molecular formula is C23H31N3O2S. The number of ether oxygens (including phenoxy) is 2. The maximum Gasteiger partial charge on any atom is 0.238 e. The Bertz CT molecular complexity index is 807. The van der Waals surface area contributed by atoms with Gasteiger partial charge in [-0.3, -0.25) is 0 Å². The summed E-state index contributed by atoms with van der Waals surface area (Å²) in [5.74, 6) is 1.31. The summed E-state index contributed by atoms with van der Waals surface area (Å²) in [5, 5.41) is 0. The topological polar surface area (TPSA) is 46.6 Å². The second-order valence-electron chi connectivity index (χ2n) is 7.75. The molecule has 0 unspecified atom stereocenters. The molecule has 0 aliphatic carbocycles. The Balaban J connectivity index is 1.43. The molecule has 1 aromatic carbocycles. The molecule has 2 aromatic rings. The van der Waals surface area contributed by atoms with E-state index >= 15 is 0 Å². The summed E-state index contributed by atoms with van der Waals surface area (Å²) < 4.78 is 14.5. The van der Waals surface area contributed by atoms with Crippen molar-refractivity contribution in [2.75, 3.05) is 44.7 Å². The first-order valence-electron chi connectivity index (χ1n) is 10.7. The minimum Gasteiger partial charge on any atom is -0.479 e. The van der Waals surface area contributed by atoms with Crippen molar-refractivity contribution in [2.24, 2.45) is 0 Å². The number of methoxy groups -OCH3 is 1. The van der Waals surface area contributed by atoms with E-state index in [1.165, 1.54) is 21.7 Å². The van der Waals surface area contributed by atoms with Gasteiger partial charge in [-0.05, 0) is 73.0 Å². The standard InChI is InChI=1S/C23H31N3O2S/c1-3-26-12-8-19-16-22(23(27-2)24-21(19)9-13-26)25-29-20-6-4-17(5-7-20)18-10-14-28-15-11-18/h4-7,16,18,25H,3,8-15H2,1-2H3. The van der Waals surface area contributed by atoms with Crippen LogP contribution in [-0.4, -0.2) is 49.8 Å². The number of benzene rings is 1. The van der Waals surface area contributed by atoms with E-state index in [-0.39, 0.29) is 0 Å². The summed E-state index contributed by atoms with van der Waals surface area (Å²) in [6, 6.07) is 11.1. The van der Waals surface area contributed by atoms with Crippen molar-refractivity contribution in [2.45, 2.75) is 43.4 Å². The Hall–Kier alpha value is -1.76. The third kappa shape index (κ3) is 5.05. The van der Waals surface area contributed by atoms with E-state index in [1.54, 1.807) is 19.1 Å². The summed E-state index contributed by atoms with van der Waals surface area (Å²) in [4.78, 5) is 8.48. The Morgan fingerprint density at radius 2 is 1.93 bits per heavy atom. The largest absolute Gasteiger partial charge is 0.479 e. The van der Waals surface area contributed by atoms with Crippen molar-refractivity contribution in [3.05, 3.63) is 47.2 Å². The predicted molar refractivity (Wildman–Crippen MR) is 119 cm³/mol. The average molecular weight is 414 g/mol. The molecule has 0 atom stereocenters. The van der Waals surface area contributed by atoms with E-state index in [1.807, 2.05) is 0 Å². The van der Waals surface area contributed by atoms with Gasteiger partial charge in [0, 0.05) is 43.3 Å². The average Bonchev–Trinajstić information content (AvgIpc) is 2.99. The van der Waals surface area contributed by atoms with Crippen LogP contribution < -0.4 is 9.46 Å². The molecule has 1 N–H and O–H groups in total. The molecule has 0 amide bonds. The van der Waals surface area contributed by atoms with Crippen molar-refractivity contribution in [1.29, 1.82) is 0 Å². The quantitative estimate of drug-likeness (QED) is 0.703. The highest BCUT2D eigenvalue weighted by atomic mass is 32.2. The summed E-state index contributed by atoms with van der Waals surface area (Å²) in [5.41, 5.74) is 4.88. The van der Waals surface area contributed by atoms with E-state index in [2.05, 4.69) is 46.9 Å². The van der Waals surface area contributed by atoms with Crippen LogP contribution in [0.25, 0.3) is 0 Å². The summed E-state index contributed by atoms with van der Waals surface area (Å²) in [7, 11) is 1.70. The van der Waals surface area contributed by atoms with Crippen molar-refractivity contribution in [3.8, 4) is 5.88 Å². The van der Waals surface area contributed by atoms with Gasteiger partial charge in [-0.1, -0.05) is 19.1 Å². The SMILES string of the molecule is CCN1CCc2cc(NSc3ccc(C4CCOCC4)cc3)c(OC)nc2CC1. The number of hydrogen-bond acceptors (Lipinski definition) is 6. The highest BCUT2D eigenvalue weighted by Crippen LogP contribution is 2.32. The van der Waals surface area contributed by atoms with Crippen LogP contribution >= 0.6 is 11.9 Å². The van der Waals surface area contributed by atoms with E-state index in [9.17, 15) is 0 Å². The zero-order valence-corrected chi connectivity index (χ0v) is 18.3. The molecule has 6 heteroatoms. The van der Waals surface area contributed by atoms with E-state index in [0.717, 1.165) is 64.2 Å². The molecule has 1 aromatic heterocycles. The van der Waals surface area contributed by atoms with Gasteiger partial charge >= 0.3 is 0 Å². The van der Waals surface area contributed by atoms with Gasteiger partial charge in [0.1, 0.15) is 5.69 Å². The fraction of sp³-hybridized carbons (Fsp3) is 0.522. The van der Waals surface area contributed by atoms with E-state index in [4.69, 9.17) is 14.5 Å². The normalized spacial score (nSPS) is 18.1. The molecule has 4 rings (SSSR count). The first-order valence-corrected chi connectivity index (χ1v) is 11.5. The number of hydrogen-bond donors (Lipinski definition) is 1. The van der Waals surface area contributed by atoms with Gasteiger partial charge < -0.3 is 19.1 Å². The van der Waals surface area contributed by atoms with Crippen molar-refractivity contribution in [3.63, 3.8) is 0 Å². The lowest BCUT2D eigenvalue weighted by Gasteiger charge is -2.22. The van der Waals surface area contributed by atoms with Crippen molar-refractivity contribution >= 4 is 17.6 Å². The van der Waals surface area contributed by atoms with Crippen molar-refractivity contribution < 1.29 is 9.47 Å². The van der Waals surface area contributed by atoms with Crippen LogP contribution in [0.2, 0.25) is 0 Å². The highest BCUT2D eigenvalue weighted by Gasteiger charge is 2.18. The molecule has 5 nitrogen and oxygen atoms in total. The van der Waals surface area contributed by atoms with Gasteiger partial charge in [-0.2, -0.15) is 0 Å². The van der Waals surface area contributed by atoms with Gasteiger partial charge in [0.15, 0.2) is 0 Å². The minimum atomic E-state index is 0.632. The Kier molecular flexibility index (Phi) is 6.95. The number of fused-ring (bicyclic) bond motifs is 1. The third-order valence-electron chi connectivity index (χ3n) is 6.01. The van der Waals surface area contributed by atoms with Crippen LogP contribution in [-0.2, 0) is 17.6 Å². The van der Waals surface area contributed by atoms with Gasteiger partial charge in [-0.25, -0.2) is 4.98 Å². The lowest BCUT2D eigenvalue weighted by molar-refractivity contribution is 0.0853. The molecule has 2 aliphatic rings. The number of anilines is 1. The monoisotopic (exact) mass is 413 g/mol. The zero-order chi connectivity index (χ0) is 20.1. The number of pyridine rings is 1. The third-order valence-corrected chi connectivity index (χ3v) is 6.84. The number of nitrogens with one attached hydrogen (secondary N) is 1. The van der Waals surface area contributed by atoms with Crippen LogP contribution in [0.4, 0.5) is 5.69 Å². The zero-order valence-electron chi connectivity index (χ0n) is 17.4. The summed E-state index contributed by atoms with van der Waals surface area (Å²) in [6.07, 6.45) is 4.27. The van der Waals surface area contributed by atoms with Crippen LogP contribution in [0, 0.1) is 0 Å². The van der Waals surface area contributed by atoms with Gasteiger partial charge in [0.25, 0.3) is 0 Å². The van der Waals surface area contributed by atoms with Crippen LogP contribution in [0.5, 0.6) is 5.88 Å². The maximum absolute atomic E-state index is 5.58. The van der Waals surface area contributed by atoms with Crippen LogP contribution in [0.1, 0.15) is 42.5 Å². The van der Waals surface area contributed by atoms with Crippen LogP contribution in [0.15, 0.2) is 35.2 Å². The molecule has 0 saturated carbocycles. The van der Waals surface area contributed by atoms with E-state index < -0.39 is 0 Å². The molecule has 0 radical (unpaired) electrons. The predicted octanol–water partition coefficient (Wildman–Crippen LogP) is 4.52. The maximum atomic E-state index is 5.58. The molecular weight excluding hydrogens is 382 g/mol. The van der Waals surface area contributed by atoms with Gasteiger partial charge in [0.05, 0.1) is 7.11 Å². The molecule has 1 fully saturated rings. The Morgan fingerprint density at radius 1 is 1.17 bits per heavy atom.